The molecule has 1 aliphatic rings. The molecule has 1 N–H and O–H groups in total. The molecular formula is C13H16O2. The molecule has 0 amide bonds. The Morgan fingerprint density at radius 2 is 2.07 bits per heavy atom. The summed E-state index contributed by atoms with van der Waals surface area (Å²) in [4.78, 5) is 0. The summed E-state index contributed by atoms with van der Waals surface area (Å²) in [7, 11) is 0. The maximum absolute atomic E-state index is 9.46. The van der Waals surface area contributed by atoms with Crippen LogP contribution in [0.1, 0.15) is 18.4 Å². The first kappa shape index (κ1) is 10.4. The van der Waals surface area contributed by atoms with E-state index in [9.17, 15) is 5.11 Å². The molecule has 2 rings (SSSR count). The van der Waals surface area contributed by atoms with E-state index in [1.54, 1.807) is 0 Å². The van der Waals surface area contributed by atoms with Crippen LogP contribution in [-0.2, 0) is 4.74 Å². The molecule has 1 aliphatic heterocycles. The molecule has 1 saturated heterocycles. The zero-order valence-electron chi connectivity index (χ0n) is 8.67. The minimum Gasteiger partial charge on any atom is -0.393 e. The van der Waals surface area contributed by atoms with Gasteiger partial charge in [0.2, 0.25) is 0 Å². The highest BCUT2D eigenvalue weighted by molar-refractivity contribution is 5.49. The lowest BCUT2D eigenvalue weighted by Crippen LogP contribution is -2.27. The Balaban J connectivity index is 1.93. The minimum atomic E-state index is -0.204. The predicted molar refractivity (Wildman–Crippen MR) is 60.5 cm³/mol. The standard InChI is InChI=1S/C13H16O2/c14-12-8-9-15-13(10-12)7-6-11-4-2-1-3-5-11/h1-7,12-14H,8-10H2. The summed E-state index contributed by atoms with van der Waals surface area (Å²) in [6, 6.07) is 10.1. The van der Waals surface area contributed by atoms with Gasteiger partial charge in [-0.15, -0.1) is 0 Å². The van der Waals surface area contributed by atoms with Crippen molar-refractivity contribution in [3.8, 4) is 0 Å². The second-order valence-corrected chi connectivity index (χ2v) is 3.86. The molecule has 1 fully saturated rings. The lowest BCUT2D eigenvalue weighted by Gasteiger charge is -2.23. The van der Waals surface area contributed by atoms with E-state index >= 15 is 0 Å². The van der Waals surface area contributed by atoms with Gasteiger partial charge in [-0.25, -0.2) is 0 Å². The van der Waals surface area contributed by atoms with Crippen molar-refractivity contribution < 1.29 is 9.84 Å². The van der Waals surface area contributed by atoms with Crippen LogP contribution in [0.3, 0.4) is 0 Å². The van der Waals surface area contributed by atoms with Crippen LogP contribution in [0.25, 0.3) is 6.08 Å². The highest BCUT2D eigenvalue weighted by Gasteiger charge is 2.17. The Bertz CT molecular complexity index is 319. The smallest absolute Gasteiger partial charge is 0.0783 e. The summed E-state index contributed by atoms with van der Waals surface area (Å²) in [5, 5.41) is 9.46. The van der Waals surface area contributed by atoms with Crippen molar-refractivity contribution in [1.29, 1.82) is 0 Å². The van der Waals surface area contributed by atoms with Crippen LogP contribution in [0.2, 0.25) is 0 Å². The third-order valence-corrected chi connectivity index (χ3v) is 2.59. The zero-order chi connectivity index (χ0) is 10.5. The van der Waals surface area contributed by atoms with Crippen LogP contribution < -0.4 is 0 Å². The molecule has 1 aromatic carbocycles. The Hall–Kier alpha value is -1.12. The van der Waals surface area contributed by atoms with Gasteiger partial charge in [-0.3, -0.25) is 0 Å². The molecule has 0 aromatic heterocycles. The second kappa shape index (κ2) is 5.10. The average molecular weight is 204 g/mol. The Kier molecular flexibility index (Phi) is 3.54. The molecule has 0 radical (unpaired) electrons. The van der Waals surface area contributed by atoms with Crippen LogP contribution in [0.4, 0.5) is 0 Å². The van der Waals surface area contributed by atoms with Crippen molar-refractivity contribution in [2.75, 3.05) is 6.61 Å². The largest absolute Gasteiger partial charge is 0.393 e. The summed E-state index contributed by atoms with van der Waals surface area (Å²) < 4.78 is 5.52. The van der Waals surface area contributed by atoms with E-state index in [1.807, 2.05) is 30.4 Å². The van der Waals surface area contributed by atoms with E-state index in [0.717, 1.165) is 6.42 Å². The fourth-order valence-corrected chi connectivity index (χ4v) is 1.73. The van der Waals surface area contributed by atoms with Gasteiger partial charge in [-0.05, 0) is 12.0 Å². The molecule has 0 aliphatic carbocycles. The molecule has 2 nitrogen and oxygen atoms in total. The van der Waals surface area contributed by atoms with Crippen molar-refractivity contribution in [2.24, 2.45) is 0 Å². The van der Waals surface area contributed by atoms with Crippen LogP contribution in [0, 0.1) is 0 Å². The highest BCUT2D eigenvalue weighted by Crippen LogP contribution is 2.15. The first-order valence-electron chi connectivity index (χ1n) is 5.37. The van der Waals surface area contributed by atoms with E-state index in [1.165, 1.54) is 5.56 Å². The normalized spacial score (nSPS) is 27.0. The Morgan fingerprint density at radius 3 is 2.80 bits per heavy atom. The molecule has 0 spiro atoms. The fraction of sp³-hybridized carbons (Fsp3) is 0.385. The maximum Gasteiger partial charge on any atom is 0.0783 e. The van der Waals surface area contributed by atoms with Crippen molar-refractivity contribution >= 4 is 6.08 Å². The van der Waals surface area contributed by atoms with Gasteiger partial charge in [0.25, 0.3) is 0 Å². The predicted octanol–water partition coefficient (Wildman–Crippen LogP) is 2.24. The summed E-state index contributed by atoms with van der Waals surface area (Å²) in [6.45, 7) is 0.658. The van der Waals surface area contributed by atoms with E-state index in [-0.39, 0.29) is 12.2 Å². The van der Waals surface area contributed by atoms with E-state index in [0.29, 0.717) is 13.0 Å². The maximum atomic E-state index is 9.46. The second-order valence-electron chi connectivity index (χ2n) is 3.86. The van der Waals surface area contributed by atoms with E-state index in [2.05, 4.69) is 12.1 Å². The first-order valence-corrected chi connectivity index (χ1v) is 5.37. The van der Waals surface area contributed by atoms with E-state index < -0.39 is 0 Å². The van der Waals surface area contributed by atoms with Crippen LogP contribution in [-0.4, -0.2) is 23.9 Å². The summed E-state index contributed by atoms with van der Waals surface area (Å²) in [5.41, 5.74) is 1.17. The highest BCUT2D eigenvalue weighted by atomic mass is 16.5. The average Bonchev–Trinajstić information content (AvgIpc) is 2.28. The molecule has 2 heteroatoms. The van der Waals surface area contributed by atoms with Gasteiger partial charge in [-0.2, -0.15) is 0 Å². The van der Waals surface area contributed by atoms with Crippen molar-refractivity contribution in [3.63, 3.8) is 0 Å². The SMILES string of the molecule is OC1CCOC(C=Cc2ccccc2)C1. The molecule has 80 valence electrons. The third kappa shape index (κ3) is 3.18. The van der Waals surface area contributed by atoms with Crippen molar-refractivity contribution in [3.05, 3.63) is 42.0 Å². The van der Waals surface area contributed by atoms with Gasteiger partial charge in [0.05, 0.1) is 12.2 Å². The van der Waals surface area contributed by atoms with Crippen molar-refractivity contribution in [1.82, 2.24) is 0 Å². The quantitative estimate of drug-likeness (QED) is 0.800. The monoisotopic (exact) mass is 204 g/mol. The molecule has 1 aromatic rings. The molecule has 0 saturated carbocycles. The topological polar surface area (TPSA) is 29.5 Å². The zero-order valence-corrected chi connectivity index (χ0v) is 8.67. The number of aliphatic hydroxyl groups is 1. The summed E-state index contributed by atoms with van der Waals surface area (Å²) >= 11 is 0. The van der Waals surface area contributed by atoms with Gasteiger partial charge in [-0.1, -0.05) is 42.5 Å². The van der Waals surface area contributed by atoms with E-state index in [4.69, 9.17) is 4.74 Å². The summed E-state index contributed by atoms with van der Waals surface area (Å²) in [5.74, 6) is 0. The Morgan fingerprint density at radius 1 is 1.27 bits per heavy atom. The lowest BCUT2D eigenvalue weighted by molar-refractivity contribution is -0.0207. The van der Waals surface area contributed by atoms with Gasteiger partial charge in [0.15, 0.2) is 0 Å². The number of hydrogen-bond donors (Lipinski definition) is 1. The van der Waals surface area contributed by atoms with Gasteiger partial charge < -0.3 is 9.84 Å². The fourth-order valence-electron chi connectivity index (χ4n) is 1.73. The number of hydrogen-bond acceptors (Lipinski definition) is 2. The van der Waals surface area contributed by atoms with Gasteiger partial charge in [0, 0.05) is 13.0 Å². The van der Waals surface area contributed by atoms with Crippen LogP contribution in [0.15, 0.2) is 36.4 Å². The van der Waals surface area contributed by atoms with Crippen LogP contribution >= 0.6 is 0 Å². The number of aliphatic hydroxyl groups excluding tert-OH is 1. The molecule has 2 atom stereocenters. The first-order chi connectivity index (χ1) is 7.34. The van der Waals surface area contributed by atoms with Crippen LogP contribution in [0.5, 0.6) is 0 Å². The van der Waals surface area contributed by atoms with Gasteiger partial charge >= 0.3 is 0 Å². The lowest BCUT2D eigenvalue weighted by atomic mass is 10.0. The summed E-state index contributed by atoms with van der Waals surface area (Å²) in [6.07, 6.45) is 5.40. The van der Waals surface area contributed by atoms with Gasteiger partial charge in [0.1, 0.15) is 0 Å². The molecule has 2 unspecified atom stereocenters. The molecular weight excluding hydrogens is 188 g/mol. The molecule has 1 heterocycles. The Labute approximate surface area is 90.2 Å². The van der Waals surface area contributed by atoms with Crippen molar-refractivity contribution in [2.45, 2.75) is 25.0 Å². The number of rotatable bonds is 2. The third-order valence-electron chi connectivity index (χ3n) is 2.59. The molecule has 15 heavy (non-hydrogen) atoms. The molecule has 0 bridgehead atoms. The number of benzene rings is 1. The number of ether oxygens (including phenoxy) is 1. The minimum absolute atomic E-state index is 0.0638.